The van der Waals surface area contributed by atoms with E-state index in [1.54, 1.807) is 0 Å². The van der Waals surface area contributed by atoms with Gasteiger partial charge in [-0.2, -0.15) is 9.99 Å². The molecule has 5 nitrogen and oxygen atoms in total. The SMILES string of the molecule is CCCCCc1cc(C(=O)O)c(C#N)n1OC. The summed E-state index contributed by atoms with van der Waals surface area (Å²) in [5.74, 6) is -1.10. The number of aromatic nitrogens is 1. The van der Waals surface area contributed by atoms with Crippen LogP contribution in [0.4, 0.5) is 0 Å². The summed E-state index contributed by atoms with van der Waals surface area (Å²) in [6, 6.07) is 3.38. The molecule has 1 aromatic heterocycles. The van der Waals surface area contributed by atoms with E-state index in [0.29, 0.717) is 6.42 Å². The van der Waals surface area contributed by atoms with Gasteiger partial charge in [0.15, 0.2) is 5.69 Å². The highest BCUT2D eigenvalue weighted by Gasteiger charge is 2.20. The first-order chi connectivity index (χ1) is 8.15. The summed E-state index contributed by atoms with van der Waals surface area (Å²) in [4.78, 5) is 16.0. The second-order valence-corrected chi connectivity index (χ2v) is 3.75. The predicted octanol–water partition coefficient (Wildman–Crippen LogP) is 1.85. The molecule has 1 N–H and O–H groups in total. The van der Waals surface area contributed by atoms with Crippen LogP contribution in [0.2, 0.25) is 0 Å². The maximum Gasteiger partial charge on any atom is 0.338 e. The highest BCUT2D eigenvalue weighted by molar-refractivity contribution is 5.90. The van der Waals surface area contributed by atoms with Gasteiger partial charge < -0.3 is 9.94 Å². The minimum absolute atomic E-state index is 0.000786. The number of aromatic carboxylic acids is 1. The quantitative estimate of drug-likeness (QED) is 0.765. The largest absolute Gasteiger partial charge is 0.478 e. The lowest BCUT2D eigenvalue weighted by molar-refractivity contribution is 0.0694. The number of nitrogens with zero attached hydrogens (tertiary/aromatic N) is 2. The third-order valence-electron chi connectivity index (χ3n) is 2.59. The number of carboxylic acids is 1. The molecule has 0 amide bonds. The molecule has 0 aliphatic heterocycles. The Hall–Kier alpha value is -1.96. The number of carboxylic acid groups (broad SMARTS) is 1. The van der Waals surface area contributed by atoms with Gasteiger partial charge in [-0.3, -0.25) is 0 Å². The van der Waals surface area contributed by atoms with E-state index in [2.05, 4.69) is 6.92 Å². The maximum absolute atomic E-state index is 11.0. The zero-order valence-corrected chi connectivity index (χ0v) is 10.1. The lowest BCUT2D eigenvalue weighted by Gasteiger charge is -2.07. The smallest absolute Gasteiger partial charge is 0.338 e. The van der Waals surface area contributed by atoms with Gasteiger partial charge in [-0.1, -0.05) is 19.8 Å². The third-order valence-corrected chi connectivity index (χ3v) is 2.59. The molecular formula is C12H16N2O3. The van der Waals surface area contributed by atoms with Crippen molar-refractivity contribution in [2.75, 3.05) is 7.11 Å². The summed E-state index contributed by atoms with van der Waals surface area (Å²) in [6.45, 7) is 2.10. The molecule has 0 aromatic carbocycles. The van der Waals surface area contributed by atoms with Gasteiger partial charge in [-0.05, 0) is 18.9 Å². The van der Waals surface area contributed by atoms with Crippen molar-refractivity contribution in [3.8, 4) is 6.07 Å². The van der Waals surface area contributed by atoms with Crippen molar-refractivity contribution in [1.82, 2.24) is 4.73 Å². The topological polar surface area (TPSA) is 75.2 Å². The number of aryl methyl sites for hydroxylation is 1. The van der Waals surface area contributed by atoms with Gasteiger partial charge in [-0.15, -0.1) is 0 Å². The molecule has 0 aliphatic carbocycles. The molecule has 0 fully saturated rings. The lowest BCUT2D eigenvalue weighted by atomic mass is 10.1. The molecule has 0 saturated heterocycles. The minimum atomic E-state index is -1.10. The first kappa shape index (κ1) is 13.1. The Balaban J connectivity index is 3.05. The van der Waals surface area contributed by atoms with Crippen molar-refractivity contribution >= 4 is 5.97 Å². The molecule has 17 heavy (non-hydrogen) atoms. The molecular weight excluding hydrogens is 220 g/mol. The highest BCUT2D eigenvalue weighted by atomic mass is 16.6. The highest BCUT2D eigenvalue weighted by Crippen LogP contribution is 2.16. The summed E-state index contributed by atoms with van der Waals surface area (Å²) in [5, 5.41) is 17.9. The first-order valence-corrected chi connectivity index (χ1v) is 5.58. The molecule has 0 saturated carbocycles. The zero-order valence-electron chi connectivity index (χ0n) is 10.1. The summed E-state index contributed by atoms with van der Waals surface area (Å²) in [5.41, 5.74) is 0.780. The Labute approximate surface area is 100 Å². The molecule has 0 aliphatic rings. The van der Waals surface area contributed by atoms with Gasteiger partial charge in [0, 0.05) is 0 Å². The molecule has 0 radical (unpaired) electrons. The Morgan fingerprint density at radius 3 is 2.76 bits per heavy atom. The second kappa shape index (κ2) is 5.94. The lowest BCUT2D eigenvalue weighted by Crippen LogP contribution is -2.12. The van der Waals surface area contributed by atoms with Crippen LogP contribution in [0.5, 0.6) is 0 Å². The van der Waals surface area contributed by atoms with Gasteiger partial charge in [0.05, 0.1) is 11.3 Å². The van der Waals surface area contributed by atoms with E-state index in [1.165, 1.54) is 17.9 Å². The minimum Gasteiger partial charge on any atom is -0.478 e. The molecule has 0 spiro atoms. The molecule has 1 heterocycles. The summed E-state index contributed by atoms with van der Waals surface area (Å²) >= 11 is 0. The summed E-state index contributed by atoms with van der Waals surface area (Å²) in [6.07, 6.45) is 3.82. The van der Waals surface area contributed by atoms with Gasteiger partial charge >= 0.3 is 5.97 Å². The molecule has 0 atom stereocenters. The molecule has 92 valence electrons. The van der Waals surface area contributed by atoms with Crippen LogP contribution >= 0.6 is 0 Å². The first-order valence-electron chi connectivity index (χ1n) is 5.58. The monoisotopic (exact) mass is 236 g/mol. The number of hydrogen-bond donors (Lipinski definition) is 1. The standard InChI is InChI=1S/C12H16N2O3/c1-3-4-5-6-9-7-10(12(15)16)11(8-13)14(9)17-2/h7H,3-6H2,1-2H3,(H,15,16). The molecule has 5 heteroatoms. The molecule has 0 unspecified atom stereocenters. The average Bonchev–Trinajstić information content (AvgIpc) is 2.67. The van der Waals surface area contributed by atoms with E-state index in [1.807, 2.05) is 6.07 Å². The van der Waals surface area contributed by atoms with E-state index >= 15 is 0 Å². The average molecular weight is 236 g/mol. The fourth-order valence-electron chi connectivity index (χ4n) is 1.75. The number of nitriles is 1. The van der Waals surface area contributed by atoms with Crippen LogP contribution in [0.1, 0.15) is 47.9 Å². The van der Waals surface area contributed by atoms with E-state index in [9.17, 15) is 4.79 Å². The normalized spacial score (nSPS) is 9.94. The van der Waals surface area contributed by atoms with Crippen LogP contribution in [0.3, 0.4) is 0 Å². The Morgan fingerprint density at radius 2 is 2.29 bits per heavy atom. The van der Waals surface area contributed by atoms with Crippen LogP contribution in [-0.2, 0) is 6.42 Å². The van der Waals surface area contributed by atoms with Gasteiger partial charge in [-0.25, -0.2) is 4.79 Å². The van der Waals surface area contributed by atoms with Crippen molar-refractivity contribution in [3.05, 3.63) is 23.0 Å². The van der Waals surface area contributed by atoms with Crippen LogP contribution in [0, 0.1) is 11.3 Å². The maximum atomic E-state index is 11.0. The van der Waals surface area contributed by atoms with Crippen molar-refractivity contribution in [2.24, 2.45) is 0 Å². The van der Waals surface area contributed by atoms with Gasteiger partial charge in [0.1, 0.15) is 13.2 Å². The van der Waals surface area contributed by atoms with Crippen molar-refractivity contribution in [3.63, 3.8) is 0 Å². The molecule has 0 bridgehead atoms. The van der Waals surface area contributed by atoms with E-state index in [0.717, 1.165) is 25.0 Å². The molecule has 1 rings (SSSR count). The van der Waals surface area contributed by atoms with Crippen LogP contribution in [0.15, 0.2) is 6.07 Å². The number of carbonyl (C=O) groups is 1. The van der Waals surface area contributed by atoms with Crippen LogP contribution in [0.25, 0.3) is 0 Å². The van der Waals surface area contributed by atoms with Crippen molar-refractivity contribution in [2.45, 2.75) is 32.6 Å². The Morgan fingerprint density at radius 1 is 1.59 bits per heavy atom. The Bertz CT molecular complexity index is 443. The number of unbranched alkanes of at least 4 members (excludes halogenated alkanes) is 2. The summed E-state index contributed by atoms with van der Waals surface area (Å²) < 4.78 is 1.30. The Kier molecular flexibility index (Phi) is 4.58. The predicted molar refractivity (Wildman–Crippen MR) is 61.8 cm³/mol. The second-order valence-electron chi connectivity index (χ2n) is 3.75. The molecule has 1 aromatic rings. The number of hydrogen-bond acceptors (Lipinski definition) is 3. The van der Waals surface area contributed by atoms with Crippen molar-refractivity contribution < 1.29 is 14.7 Å². The van der Waals surface area contributed by atoms with Crippen LogP contribution < -0.4 is 4.84 Å². The van der Waals surface area contributed by atoms with E-state index < -0.39 is 5.97 Å². The van der Waals surface area contributed by atoms with Gasteiger partial charge in [0.2, 0.25) is 0 Å². The fourth-order valence-corrected chi connectivity index (χ4v) is 1.75. The third kappa shape index (κ3) is 2.78. The summed E-state index contributed by atoms with van der Waals surface area (Å²) in [7, 11) is 1.43. The fraction of sp³-hybridized carbons (Fsp3) is 0.500. The number of rotatable bonds is 6. The van der Waals surface area contributed by atoms with Crippen LogP contribution in [-0.4, -0.2) is 22.9 Å². The van der Waals surface area contributed by atoms with E-state index in [4.69, 9.17) is 15.2 Å². The zero-order chi connectivity index (χ0) is 12.8. The van der Waals surface area contributed by atoms with Crippen molar-refractivity contribution in [1.29, 1.82) is 5.26 Å². The van der Waals surface area contributed by atoms with Gasteiger partial charge in [0.25, 0.3) is 0 Å². The van der Waals surface area contributed by atoms with E-state index in [-0.39, 0.29) is 11.3 Å².